The molecular formula is C18H15F3N2O2. The van der Waals surface area contributed by atoms with Gasteiger partial charge in [0.1, 0.15) is 0 Å². The molecule has 130 valence electrons. The second-order valence-corrected chi connectivity index (χ2v) is 5.07. The predicted octanol–water partition coefficient (Wildman–Crippen LogP) is 3.63. The SMILES string of the molecule is CNC(=O)c1ccc(NC(=O)/C=C(/c2ccccc2)C(F)(F)F)cc1. The summed E-state index contributed by atoms with van der Waals surface area (Å²) in [5.41, 5.74) is -0.479. The number of nitrogens with one attached hydrogen (secondary N) is 2. The van der Waals surface area contributed by atoms with E-state index in [1.54, 1.807) is 6.07 Å². The second-order valence-electron chi connectivity index (χ2n) is 5.07. The number of anilines is 1. The molecule has 0 aliphatic rings. The van der Waals surface area contributed by atoms with Crippen molar-refractivity contribution in [2.75, 3.05) is 12.4 Å². The Bertz CT molecular complexity index is 782. The van der Waals surface area contributed by atoms with E-state index in [2.05, 4.69) is 10.6 Å². The van der Waals surface area contributed by atoms with Crippen LogP contribution in [-0.2, 0) is 4.79 Å². The maximum Gasteiger partial charge on any atom is 0.417 e. The maximum atomic E-state index is 13.2. The molecule has 0 aliphatic heterocycles. The fourth-order valence-electron chi connectivity index (χ4n) is 2.11. The Morgan fingerprint density at radius 1 is 0.920 bits per heavy atom. The largest absolute Gasteiger partial charge is 0.417 e. The third-order valence-electron chi connectivity index (χ3n) is 3.31. The molecule has 0 atom stereocenters. The van der Waals surface area contributed by atoms with Crippen molar-refractivity contribution in [1.29, 1.82) is 0 Å². The van der Waals surface area contributed by atoms with Gasteiger partial charge in [-0.25, -0.2) is 0 Å². The van der Waals surface area contributed by atoms with Crippen LogP contribution >= 0.6 is 0 Å². The number of alkyl halides is 3. The van der Waals surface area contributed by atoms with E-state index < -0.39 is 17.7 Å². The molecule has 2 aromatic rings. The zero-order valence-corrected chi connectivity index (χ0v) is 13.2. The number of allylic oxidation sites excluding steroid dienone is 1. The van der Waals surface area contributed by atoms with Crippen LogP contribution in [0.3, 0.4) is 0 Å². The van der Waals surface area contributed by atoms with Crippen LogP contribution in [0.4, 0.5) is 18.9 Å². The number of halogens is 3. The molecule has 25 heavy (non-hydrogen) atoms. The monoisotopic (exact) mass is 348 g/mol. The summed E-state index contributed by atoms with van der Waals surface area (Å²) < 4.78 is 39.6. The molecule has 4 nitrogen and oxygen atoms in total. The van der Waals surface area contributed by atoms with Gasteiger partial charge in [0.05, 0.1) is 5.57 Å². The summed E-state index contributed by atoms with van der Waals surface area (Å²) in [7, 11) is 1.48. The molecular weight excluding hydrogens is 333 g/mol. The molecule has 0 spiro atoms. The molecule has 0 heterocycles. The van der Waals surface area contributed by atoms with Crippen molar-refractivity contribution < 1.29 is 22.8 Å². The molecule has 0 aromatic heterocycles. The number of benzene rings is 2. The third-order valence-corrected chi connectivity index (χ3v) is 3.31. The number of hydrogen-bond acceptors (Lipinski definition) is 2. The maximum absolute atomic E-state index is 13.2. The van der Waals surface area contributed by atoms with Crippen LogP contribution in [0.2, 0.25) is 0 Å². The summed E-state index contributed by atoms with van der Waals surface area (Å²) in [5, 5.41) is 4.79. The summed E-state index contributed by atoms with van der Waals surface area (Å²) in [6.07, 6.45) is -4.15. The van der Waals surface area contributed by atoms with E-state index >= 15 is 0 Å². The Hall–Kier alpha value is -3.09. The van der Waals surface area contributed by atoms with Crippen LogP contribution in [0, 0.1) is 0 Å². The smallest absolute Gasteiger partial charge is 0.355 e. The Kier molecular flexibility index (Phi) is 5.59. The van der Waals surface area contributed by atoms with Crippen LogP contribution in [0.25, 0.3) is 5.57 Å². The molecule has 7 heteroatoms. The van der Waals surface area contributed by atoms with Gasteiger partial charge in [-0.15, -0.1) is 0 Å². The Morgan fingerprint density at radius 3 is 2.04 bits per heavy atom. The topological polar surface area (TPSA) is 58.2 Å². The van der Waals surface area contributed by atoms with Crippen molar-refractivity contribution in [1.82, 2.24) is 5.32 Å². The fourth-order valence-corrected chi connectivity index (χ4v) is 2.11. The highest BCUT2D eigenvalue weighted by Gasteiger charge is 2.35. The van der Waals surface area contributed by atoms with Crippen molar-refractivity contribution in [3.63, 3.8) is 0 Å². The Morgan fingerprint density at radius 2 is 1.52 bits per heavy atom. The molecule has 2 aromatic carbocycles. The van der Waals surface area contributed by atoms with Gasteiger partial charge in [-0.1, -0.05) is 30.3 Å². The third kappa shape index (κ3) is 4.94. The van der Waals surface area contributed by atoms with E-state index in [9.17, 15) is 22.8 Å². The van der Waals surface area contributed by atoms with Gasteiger partial charge in [0.15, 0.2) is 0 Å². The molecule has 0 aliphatic carbocycles. The van der Waals surface area contributed by atoms with Crippen LogP contribution < -0.4 is 10.6 Å². The minimum atomic E-state index is -4.66. The second kappa shape index (κ2) is 7.65. The lowest BCUT2D eigenvalue weighted by Crippen LogP contribution is -2.18. The first-order valence-electron chi connectivity index (χ1n) is 7.28. The molecule has 0 unspecified atom stereocenters. The highest BCUT2D eigenvalue weighted by Crippen LogP contribution is 2.33. The molecule has 0 saturated heterocycles. The van der Waals surface area contributed by atoms with E-state index in [0.717, 1.165) is 0 Å². The summed E-state index contributed by atoms with van der Waals surface area (Å²) in [6, 6.07) is 12.9. The number of hydrogen-bond donors (Lipinski definition) is 2. The molecule has 0 radical (unpaired) electrons. The molecule has 2 N–H and O–H groups in total. The molecule has 2 amide bonds. The minimum Gasteiger partial charge on any atom is -0.355 e. The van der Waals surface area contributed by atoms with Gasteiger partial charge in [0.2, 0.25) is 5.91 Å². The van der Waals surface area contributed by atoms with E-state index in [-0.39, 0.29) is 17.2 Å². The lowest BCUT2D eigenvalue weighted by molar-refractivity contribution is -0.112. The fraction of sp³-hybridized carbons (Fsp3) is 0.111. The van der Waals surface area contributed by atoms with Crippen molar-refractivity contribution in [2.24, 2.45) is 0 Å². The molecule has 0 saturated carbocycles. The highest BCUT2D eigenvalue weighted by molar-refractivity contribution is 6.05. The Balaban J connectivity index is 2.21. The summed E-state index contributed by atoms with van der Waals surface area (Å²) in [5.74, 6) is -1.22. The van der Waals surface area contributed by atoms with Crippen LogP contribution in [0.5, 0.6) is 0 Å². The van der Waals surface area contributed by atoms with Gasteiger partial charge < -0.3 is 10.6 Å². The van der Waals surface area contributed by atoms with Crippen molar-refractivity contribution >= 4 is 23.1 Å². The quantitative estimate of drug-likeness (QED) is 0.829. The number of carbonyl (C=O) groups excluding carboxylic acids is 2. The number of rotatable bonds is 4. The van der Waals surface area contributed by atoms with Gasteiger partial charge in [-0.2, -0.15) is 13.2 Å². The predicted molar refractivity (Wildman–Crippen MR) is 88.9 cm³/mol. The van der Waals surface area contributed by atoms with E-state index in [4.69, 9.17) is 0 Å². The Labute approximate surface area is 142 Å². The van der Waals surface area contributed by atoms with Gasteiger partial charge in [-0.3, -0.25) is 9.59 Å². The lowest BCUT2D eigenvalue weighted by Gasteiger charge is -2.12. The van der Waals surface area contributed by atoms with Crippen molar-refractivity contribution in [3.05, 3.63) is 71.8 Å². The zero-order valence-electron chi connectivity index (χ0n) is 13.2. The van der Waals surface area contributed by atoms with E-state index in [1.807, 2.05) is 0 Å². The molecule has 2 rings (SSSR count). The number of carbonyl (C=O) groups is 2. The number of amides is 2. The van der Waals surface area contributed by atoms with Gasteiger partial charge in [0, 0.05) is 24.4 Å². The highest BCUT2D eigenvalue weighted by atomic mass is 19.4. The van der Waals surface area contributed by atoms with Crippen LogP contribution in [0.15, 0.2) is 60.7 Å². The average Bonchev–Trinajstić information content (AvgIpc) is 2.59. The first kappa shape index (κ1) is 18.3. The normalized spacial score (nSPS) is 11.8. The first-order valence-corrected chi connectivity index (χ1v) is 7.28. The first-order chi connectivity index (χ1) is 11.8. The standard InChI is InChI=1S/C18H15F3N2O2/c1-22-17(25)13-7-9-14(10-8-13)23-16(24)11-15(18(19,20)21)12-5-3-2-4-6-12/h2-11H,1H3,(H,22,25)(H,23,24)/b15-11-. The van der Waals surface area contributed by atoms with Gasteiger partial charge in [-0.05, 0) is 29.8 Å². The van der Waals surface area contributed by atoms with Crippen LogP contribution in [0.1, 0.15) is 15.9 Å². The van der Waals surface area contributed by atoms with Gasteiger partial charge in [0.25, 0.3) is 5.91 Å². The lowest BCUT2D eigenvalue weighted by atomic mass is 10.1. The zero-order chi connectivity index (χ0) is 18.4. The molecule has 0 bridgehead atoms. The van der Waals surface area contributed by atoms with Crippen molar-refractivity contribution in [2.45, 2.75) is 6.18 Å². The summed E-state index contributed by atoms with van der Waals surface area (Å²) in [4.78, 5) is 23.4. The minimum absolute atomic E-state index is 0.0971. The summed E-state index contributed by atoms with van der Waals surface area (Å²) in [6.45, 7) is 0. The summed E-state index contributed by atoms with van der Waals surface area (Å²) >= 11 is 0. The average molecular weight is 348 g/mol. The van der Waals surface area contributed by atoms with E-state index in [1.165, 1.54) is 55.6 Å². The van der Waals surface area contributed by atoms with Crippen LogP contribution in [-0.4, -0.2) is 25.0 Å². The van der Waals surface area contributed by atoms with E-state index in [0.29, 0.717) is 11.6 Å². The molecule has 0 fully saturated rings. The van der Waals surface area contributed by atoms with Crippen molar-refractivity contribution in [3.8, 4) is 0 Å². The van der Waals surface area contributed by atoms with Gasteiger partial charge >= 0.3 is 6.18 Å².